The number of hydrogen-bond donors (Lipinski definition) is 1. The third kappa shape index (κ3) is 2.83. The second kappa shape index (κ2) is 5.69. The van der Waals surface area contributed by atoms with Crippen LogP contribution in [0.4, 0.5) is 5.82 Å². The summed E-state index contributed by atoms with van der Waals surface area (Å²) in [5, 5.41) is 0.830. The molecule has 1 aliphatic rings. The molecular formula is C16H19N3O2. The number of likely N-dealkylation sites (N-methyl/N-ethyl adjacent to an activating group) is 1. The number of hydrogen-bond acceptors (Lipinski definition) is 4. The molecule has 0 saturated carbocycles. The van der Waals surface area contributed by atoms with E-state index in [9.17, 15) is 4.79 Å². The van der Waals surface area contributed by atoms with E-state index in [2.05, 4.69) is 4.98 Å². The molecule has 0 bridgehead atoms. The number of amides is 1. The number of benzene rings is 1. The van der Waals surface area contributed by atoms with Crippen LogP contribution in [0.2, 0.25) is 0 Å². The fourth-order valence-electron chi connectivity index (χ4n) is 2.76. The number of ether oxygens (including phenoxy) is 1. The first-order valence-corrected chi connectivity index (χ1v) is 7.17. The molecule has 1 aromatic carbocycles. The highest BCUT2D eigenvalue weighted by Crippen LogP contribution is 2.21. The van der Waals surface area contributed by atoms with Crippen LogP contribution in [-0.2, 0) is 4.74 Å². The number of aromatic nitrogens is 1. The van der Waals surface area contributed by atoms with Crippen LogP contribution in [0.25, 0.3) is 10.9 Å². The molecule has 110 valence electrons. The Morgan fingerprint density at radius 2 is 2.29 bits per heavy atom. The second-order valence-corrected chi connectivity index (χ2v) is 5.43. The van der Waals surface area contributed by atoms with Crippen molar-refractivity contribution in [2.75, 3.05) is 25.9 Å². The zero-order chi connectivity index (χ0) is 14.8. The summed E-state index contributed by atoms with van der Waals surface area (Å²) in [6, 6.07) is 9.20. The van der Waals surface area contributed by atoms with E-state index in [0.29, 0.717) is 17.9 Å². The summed E-state index contributed by atoms with van der Waals surface area (Å²) in [4.78, 5) is 18.7. The minimum atomic E-state index is -0.0456. The molecule has 2 heterocycles. The van der Waals surface area contributed by atoms with Crippen molar-refractivity contribution in [3.05, 3.63) is 35.9 Å². The molecule has 3 rings (SSSR count). The molecule has 1 saturated heterocycles. The monoisotopic (exact) mass is 285 g/mol. The van der Waals surface area contributed by atoms with Crippen LogP contribution in [0, 0.1) is 0 Å². The molecule has 1 amide bonds. The van der Waals surface area contributed by atoms with Gasteiger partial charge in [0.15, 0.2) is 0 Å². The standard InChI is InChI=1S/C16H19N3O2/c1-19(10-11-5-4-8-21-11)16(20)13-9-15(17)18-14-7-3-2-6-12(13)14/h2-3,6-7,9,11H,4-5,8,10H2,1H3,(H2,17,18). The maximum absolute atomic E-state index is 12.7. The van der Waals surface area contributed by atoms with Gasteiger partial charge in [0, 0.05) is 25.6 Å². The normalized spacial score (nSPS) is 18.0. The zero-order valence-electron chi connectivity index (χ0n) is 12.1. The molecule has 2 N–H and O–H groups in total. The lowest BCUT2D eigenvalue weighted by Gasteiger charge is -2.21. The van der Waals surface area contributed by atoms with E-state index in [-0.39, 0.29) is 12.0 Å². The van der Waals surface area contributed by atoms with Gasteiger partial charge in [0.1, 0.15) is 5.82 Å². The van der Waals surface area contributed by atoms with Gasteiger partial charge in [-0.25, -0.2) is 4.98 Å². The van der Waals surface area contributed by atoms with Gasteiger partial charge in [-0.15, -0.1) is 0 Å². The Morgan fingerprint density at radius 1 is 1.48 bits per heavy atom. The molecule has 1 fully saturated rings. The first-order chi connectivity index (χ1) is 10.1. The van der Waals surface area contributed by atoms with E-state index in [0.717, 1.165) is 30.4 Å². The highest BCUT2D eigenvalue weighted by atomic mass is 16.5. The Bertz CT molecular complexity index is 666. The average molecular weight is 285 g/mol. The Balaban J connectivity index is 1.89. The third-order valence-electron chi connectivity index (χ3n) is 3.81. The molecule has 0 aliphatic carbocycles. The number of nitrogens with two attached hydrogens (primary N) is 1. The summed E-state index contributed by atoms with van der Waals surface area (Å²) in [5.74, 6) is 0.318. The summed E-state index contributed by atoms with van der Waals surface area (Å²) in [7, 11) is 1.80. The van der Waals surface area contributed by atoms with Crippen molar-refractivity contribution in [3.8, 4) is 0 Å². The lowest BCUT2D eigenvalue weighted by Crippen LogP contribution is -2.34. The fourth-order valence-corrected chi connectivity index (χ4v) is 2.76. The largest absolute Gasteiger partial charge is 0.384 e. The molecule has 1 atom stereocenters. The molecular weight excluding hydrogens is 266 g/mol. The van der Waals surface area contributed by atoms with E-state index in [1.165, 1.54) is 0 Å². The highest BCUT2D eigenvalue weighted by molar-refractivity contribution is 6.06. The zero-order valence-corrected chi connectivity index (χ0v) is 12.1. The summed E-state index contributed by atoms with van der Waals surface area (Å²) in [6.07, 6.45) is 2.22. The molecule has 21 heavy (non-hydrogen) atoms. The number of pyridine rings is 1. The Kier molecular flexibility index (Phi) is 3.75. The van der Waals surface area contributed by atoms with Crippen molar-refractivity contribution in [3.63, 3.8) is 0 Å². The highest BCUT2D eigenvalue weighted by Gasteiger charge is 2.22. The lowest BCUT2D eigenvalue weighted by molar-refractivity contribution is 0.0588. The van der Waals surface area contributed by atoms with Crippen LogP contribution in [0.3, 0.4) is 0 Å². The number of anilines is 1. The van der Waals surface area contributed by atoms with E-state index in [4.69, 9.17) is 10.5 Å². The third-order valence-corrected chi connectivity index (χ3v) is 3.81. The van der Waals surface area contributed by atoms with Gasteiger partial charge >= 0.3 is 0 Å². The Hall–Kier alpha value is -2.14. The molecule has 2 aromatic rings. The van der Waals surface area contributed by atoms with Crippen molar-refractivity contribution in [2.45, 2.75) is 18.9 Å². The van der Waals surface area contributed by atoms with Gasteiger partial charge in [-0.05, 0) is 25.0 Å². The number of carbonyl (C=O) groups excluding carboxylic acids is 1. The van der Waals surface area contributed by atoms with Crippen LogP contribution in [0.1, 0.15) is 23.2 Å². The first kappa shape index (κ1) is 13.8. The van der Waals surface area contributed by atoms with E-state index < -0.39 is 0 Å². The van der Waals surface area contributed by atoms with Crippen LogP contribution < -0.4 is 5.73 Å². The van der Waals surface area contributed by atoms with Crippen molar-refractivity contribution in [1.82, 2.24) is 9.88 Å². The molecule has 1 aliphatic heterocycles. The number of nitrogen functional groups attached to an aromatic ring is 1. The van der Waals surface area contributed by atoms with Gasteiger partial charge < -0.3 is 15.4 Å². The lowest BCUT2D eigenvalue weighted by atomic mass is 10.1. The molecule has 5 nitrogen and oxygen atoms in total. The Morgan fingerprint density at radius 3 is 3.05 bits per heavy atom. The van der Waals surface area contributed by atoms with Crippen molar-refractivity contribution in [2.24, 2.45) is 0 Å². The molecule has 1 aromatic heterocycles. The fraction of sp³-hybridized carbons (Fsp3) is 0.375. The van der Waals surface area contributed by atoms with E-state index in [1.54, 1.807) is 18.0 Å². The summed E-state index contributed by atoms with van der Waals surface area (Å²) in [6.45, 7) is 1.40. The van der Waals surface area contributed by atoms with E-state index in [1.807, 2.05) is 24.3 Å². The number of nitrogens with zero attached hydrogens (tertiary/aromatic N) is 2. The van der Waals surface area contributed by atoms with Gasteiger partial charge in [-0.2, -0.15) is 0 Å². The predicted molar refractivity (Wildman–Crippen MR) is 82.1 cm³/mol. The number of para-hydroxylation sites is 1. The topological polar surface area (TPSA) is 68.5 Å². The number of carbonyl (C=O) groups is 1. The molecule has 0 radical (unpaired) electrons. The second-order valence-electron chi connectivity index (χ2n) is 5.43. The molecule has 1 unspecified atom stereocenters. The average Bonchev–Trinajstić information content (AvgIpc) is 2.98. The van der Waals surface area contributed by atoms with Crippen LogP contribution in [0.5, 0.6) is 0 Å². The summed E-state index contributed by atoms with van der Waals surface area (Å²) >= 11 is 0. The van der Waals surface area contributed by atoms with Gasteiger partial charge in [0.25, 0.3) is 5.91 Å². The minimum Gasteiger partial charge on any atom is -0.384 e. The SMILES string of the molecule is CN(CC1CCCO1)C(=O)c1cc(N)nc2ccccc12. The van der Waals surface area contributed by atoms with Gasteiger partial charge in [0.05, 0.1) is 17.2 Å². The maximum atomic E-state index is 12.7. The van der Waals surface area contributed by atoms with Gasteiger partial charge in [-0.1, -0.05) is 18.2 Å². The van der Waals surface area contributed by atoms with Crippen molar-refractivity contribution < 1.29 is 9.53 Å². The van der Waals surface area contributed by atoms with Gasteiger partial charge in [0.2, 0.25) is 0 Å². The van der Waals surface area contributed by atoms with Gasteiger partial charge in [-0.3, -0.25) is 4.79 Å². The number of fused-ring (bicyclic) bond motifs is 1. The van der Waals surface area contributed by atoms with Crippen LogP contribution in [0.15, 0.2) is 30.3 Å². The minimum absolute atomic E-state index is 0.0456. The van der Waals surface area contributed by atoms with Crippen molar-refractivity contribution in [1.29, 1.82) is 0 Å². The Labute approximate surface area is 123 Å². The van der Waals surface area contributed by atoms with Crippen molar-refractivity contribution >= 4 is 22.6 Å². The molecule has 0 spiro atoms. The van der Waals surface area contributed by atoms with Crippen LogP contribution >= 0.6 is 0 Å². The first-order valence-electron chi connectivity index (χ1n) is 7.17. The summed E-state index contributed by atoms with van der Waals surface area (Å²) < 4.78 is 5.59. The molecule has 5 heteroatoms. The predicted octanol–water partition coefficient (Wildman–Crippen LogP) is 2.07. The smallest absolute Gasteiger partial charge is 0.254 e. The maximum Gasteiger partial charge on any atom is 0.254 e. The van der Waals surface area contributed by atoms with Crippen LogP contribution in [-0.4, -0.2) is 42.1 Å². The van der Waals surface area contributed by atoms with E-state index >= 15 is 0 Å². The summed E-state index contributed by atoms with van der Waals surface area (Å²) in [5.41, 5.74) is 7.16. The number of rotatable bonds is 3. The quantitative estimate of drug-likeness (QED) is 0.937.